The van der Waals surface area contributed by atoms with Crippen LogP contribution >= 0.6 is 0 Å². The molecule has 8 heteroatoms. The highest BCUT2D eigenvalue weighted by atomic mass is 16.4. The molecule has 0 radical (unpaired) electrons. The first-order chi connectivity index (χ1) is 10.6. The SMILES string of the molecule is CC(C)C.CC(NC(=O)CNC(=O)c1ccc(=O)[nH]c1)C(=O)O. The summed E-state index contributed by atoms with van der Waals surface area (Å²) < 4.78 is 0. The van der Waals surface area contributed by atoms with Crippen LogP contribution in [0.25, 0.3) is 0 Å². The normalized spacial score (nSPS) is 11.0. The average Bonchev–Trinajstić information content (AvgIpc) is 2.44. The van der Waals surface area contributed by atoms with Gasteiger partial charge in [0.1, 0.15) is 6.04 Å². The third-order valence-corrected chi connectivity index (χ3v) is 2.20. The molecule has 1 unspecified atom stereocenters. The topological polar surface area (TPSA) is 128 Å². The van der Waals surface area contributed by atoms with Crippen molar-refractivity contribution in [3.05, 3.63) is 34.2 Å². The summed E-state index contributed by atoms with van der Waals surface area (Å²) in [5.74, 6) is -1.50. The van der Waals surface area contributed by atoms with Crippen molar-refractivity contribution in [1.82, 2.24) is 15.6 Å². The fraction of sp³-hybridized carbons (Fsp3) is 0.467. The minimum Gasteiger partial charge on any atom is -0.480 e. The molecule has 0 aromatic carbocycles. The molecule has 0 aliphatic carbocycles. The first-order valence-electron chi connectivity index (χ1n) is 7.12. The number of hydrogen-bond donors (Lipinski definition) is 4. The Bertz CT molecular complexity index is 572. The number of amides is 2. The van der Waals surface area contributed by atoms with E-state index in [9.17, 15) is 19.2 Å². The van der Waals surface area contributed by atoms with Crippen LogP contribution in [-0.2, 0) is 9.59 Å². The minimum absolute atomic E-state index is 0.193. The van der Waals surface area contributed by atoms with Crippen molar-refractivity contribution in [3.8, 4) is 0 Å². The molecule has 1 rings (SSSR count). The van der Waals surface area contributed by atoms with Gasteiger partial charge in [-0.15, -0.1) is 0 Å². The smallest absolute Gasteiger partial charge is 0.325 e. The molecular formula is C15H23N3O5. The van der Waals surface area contributed by atoms with Crippen LogP contribution in [0.4, 0.5) is 0 Å². The lowest BCUT2D eigenvalue weighted by Crippen LogP contribution is -2.44. The van der Waals surface area contributed by atoms with Gasteiger partial charge in [-0.05, 0) is 18.9 Å². The Morgan fingerprint density at radius 3 is 2.17 bits per heavy atom. The molecule has 1 aromatic rings. The van der Waals surface area contributed by atoms with Crippen LogP contribution < -0.4 is 16.2 Å². The Balaban J connectivity index is 0.00000108. The molecule has 0 bridgehead atoms. The van der Waals surface area contributed by atoms with Crippen LogP contribution in [-0.4, -0.2) is 40.5 Å². The number of H-pyrrole nitrogens is 1. The lowest BCUT2D eigenvalue weighted by Gasteiger charge is -2.09. The highest BCUT2D eigenvalue weighted by Crippen LogP contribution is 1.92. The number of aromatic nitrogens is 1. The van der Waals surface area contributed by atoms with Crippen LogP contribution in [0, 0.1) is 5.92 Å². The van der Waals surface area contributed by atoms with Gasteiger partial charge in [0.25, 0.3) is 5.91 Å². The molecule has 0 saturated heterocycles. The van der Waals surface area contributed by atoms with E-state index in [2.05, 4.69) is 36.4 Å². The molecular weight excluding hydrogens is 302 g/mol. The largest absolute Gasteiger partial charge is 0.480 e. The maximum Gasteiger partial charge on any atom is 0.325 e. The average molecular weight is 325 g/mol. The summed E-state index contributed by atoms with van der Waals surface area (Å²) in [7, 11) is 0. The van der Waals surface area contributed by atoms with Crippen LogP contribution in [0.3, 0.4) is 0 Å². The molecule has 4 N–H and O–H groups in total. The third-order valence-electron chi connectivity index (χ3n) is 2.20. The van der Waals surface area contributed by atoms with Gasteiger partial charge in [-0.2, -0.15) is 0 Å². The predicted octanol–water partition coefficient (Wildman–Crippen LogP) is 0.356. The Labute approximate surface area is 134 Å². The summed E-state index contributed by atoms with van der Waals surface area (Å²) in [6.45, 7) is 7.46. The van der Waals surface area contributed by atoms with Gasteiger partial charge in [0.05, 0.1) is 12.1 Å². The van der Waals surface area contributed by atoms with E-state index in [0.29, 0.717) is 0 Å². The molecule has 0 aliphatic rings. The first-order valence-corrected chi connectivity index (χ1v) is 7.12. The number of rotatable bonds is 5. The summed E-state index contributed by atoms with van der Waals surface area (Å²) >= 11 is 0. The van der Waals surface area contributed by atoms with E-state index >= 15 is 0 Å². The number of carbonyl (C=O) groups is 3. The standard InChI is InChI=1S/C11H13N3O5.C4H10/c1-6(11(18)19)14-9(16)5-13-10(17)7-2-3-8(15)12-4-7;1-4(2)3/h2-4,6H,5H2,1H3,(H,12,15)(H,13,17)(H,14,16)(H,18,19);4H,1-3H3. The fourth-order valence-corrected chi connectivity index (χ4v) is 1.17. The third kappa shape index (κ3) is 9.83. The highest BCUT2D eigenvalue weighted by molar-refractivity contribution is 5.96. The van der Waals surface area contributed by atoms with Crippen molar-refractivity contribution in [2.75, 3.05) is 6.54 Å². The van der Waals surface area contributed by atoms with Gasteiger partial charge in [0.2, 0.25) is 11.5 Å². The lowest BCUT2D eigenvalue weighted by molar-refractivity contribution is -0.141. The van der Waals surface area contributed by atoms with Crippen molar-refractivity contribution in [2.45, 2.75) is 33.7 Å². The van der Waals surface area contributed by atoms with Crippen LogP contribution in [0.5, 0.6) is 0 Å². The van der Waals surface area contributed by atoms with E-state index in [0.717, 1.165) is 5.92 Å². The zero-order chi connectivity index (χ0) is 18.0. The number of nitrogens with one attached hydrogen (secondary N) is 3. The fourth-order valence-electron chi connectivity index (χ4n) is 1.17. The molecule has 1 heterocycles. The monoisotopic (exact) mass is 325 g/mol. The van der Waals surface area contributed by atoms with E-state index in [1.54, 1.807) is 0 Å². The molecule has 0 saturated carbocycles. The van der Waals surface area contributed by atoms with Crippen molar-refractivity contribution in [2.24, 2.45) is 5.92 Å². The van der Waals surface area contributed by atoms with Crippen LogP contribution in [0.1, 0.15) is 38.1 Å². The number of carboxylic acid groups (broad SMARTS) is 1. The molecule has 1 aromatic heterocycles. The molecule has 23 heavy (non-hydrogen) atoms. The summed E-state index contributed by atoms with van der Waals surface area (Å²) in [5.41, 5.74) is -0.150. The molecule has 0 spiro atoms. The zero-order valence-corrected chi connectivity index (χ0v) is 13.7. The Morgan fingerprint density at radius 1 is 1.17 bits per heavy atom. The molecule has 0 fully saturated rings. The second-order valence-electron chi connectivity index (χ2n) is 5.48. The minimum atomic E-state index is -1.17. The number of carbonyl (C=O) groups excluding carboxylic acids is 2. The number of carboxylic acids is 1. The lowest BCUT2D eigenvalue weighted by atomic mass is 10.2. The Hall–Kier alpha value is -2.64. The van der Waals surface area contributed by atoms with E-state index in [1.165, 1.54) is 25.3 Å². The Morgan fingerprint density at radius 2 is 1.74 bits per heavy atom. The zero-order valence-electron chi connectivity index (χ0n) is 13.7. The second-order valence-corrected chi connectivity index (χ2v) is 5.48. The van der Waals surface area contributed by atoms with Gasteiger partial charge in [-0.1, -0.05) is 20.8 Å². The maximum absolute atomic E-state index is 11.6. The molecule has 1 atom stereocenters. The van der Waals surface area contributed by atoms with Gasteiger partial charge in [-0.25, -0.2) is 0 Å². The summed E-state index contributed by atoms with van der Waals surface area (Å²) in [6.07, 6.45) is 1.22. The Kier molecular flexibility index (Phi) is 8.98. The molecule has 0 aliphatic heterocycles. The first kappa shape index (κ1) is 20.4. The van der Waals surface area contributed by atoms with Crippen LogP contribution in [0.15, 0.2) is 23.1 Å². The van der Waals surface area contributed by atoms with Crippen molar-refractivity contribution in [1.29, 1.82) is 0 Å². The van der Waals surface area contributed by atoms with Gasteiger partial charge >= 0.3 is 5.97 Å². The van der Waals surface area contributed by atoms with Gasteiger partial charge in [0.15, 0.2) is 0 Å². The molecule has 8 nitrogen and oxygen atoms in total. The molecule has 2 amide bonds. The maximum atomic E-state index is 11.6. The molecule has 128 valence electrons. The van der Waals surface area contributed by atoms with Gasteiger partial charge in [-0.3, -0.25) is 19.2 Å². The second kappa shape index (κ2) is 10.1. The van der Waals surface area contributed by atoms with E-state index in [4.69, 9.17) is 5.11 Å². The van der Waals surface area contributed by atoms with E-state index in [-0.39, 0.29) is 17.7 Å². The van der Waals surface area contributed by atoms with E-state index in [1.807, 2.05) is 0 Å². The van der Waals surface area contributed by atoms with Crippen LogP contribution in [0.2, 0.25) is 0 Å². The van der Waals surface area contributed by atoms with Gasteiger partial charge < -0.3 is 20.7 Å². The quantitative estimate of drug-likeness (QED) is 0.621. The number of pyridine rings is 1. The van der Waals surface area contributed by atoms with E-state index < -0.39 is 23.8 Å². The number of aromatic amines is 1. The van der Waals surface area contributed by atoms with Gasteiger partial charge in [0, 0.05) is 12.3 Å². The summed E-state index contributed by atoms with van der Waals surface area (Å²) in [6, 6.07) is 1.46. The number of hydrogen-bond acceptors (Lipinski definition) is 4. The van der Waals surface area contributed by atoms with Crippen molar-refractivity contribution in [3.63, 3.8) is 0 Å². The highest BCUT2D eigenvalue weighted by Gasteiger charge is 2.14. The summed E-state index contributed by atoms with van der Waals surface area (Å²) in [5, 5.41) is 13.1. The summed E-state index contributed by atoms with van der Waals surface area (Å²) in [4.78, 5) is 46.5. The predicted molar refractivity (Wildman–Crippen MR) is 85.1 cm³/mol. The number of aliphatic carboxylic acids is 1. The van der Waals surface area contributed by atoms with Crippen molar-refractivity contribution < 1.29 is 19.5 Å². The van der Waals surface area contributed by atoms with Crippen molar-refractivity contribution >= 4 is 17.8 Å².